The Morgan fingerprint density at radius 3 is 2.56 bits per heavy atom. The highest BCUT2D eigenvalue weighted by molar-refractivity contribution is 6.01. The smallest absolute Gasteiger partial charge is 0.228 e. The van der Waals surface area contributed by atoms with Crippen LogP contribution in [0.1, 0.15) is 17.7 Å². The highest BCUT2D eigenvalue weighted by Gasteiger charge is 2.38. The number of carbonyl (C=O) groups is 2. The number of carbonyl (C=O) groups excluding carboxylic acids is 2. The van der Waals surface area contributed by atoms with Gasteiger partial charge in [0.15, 0.2) is 0 Å². The average Bonchev–Trinajstić information content (AvgIpc) is 3.48. The number of rotatable bonds is 8. The van der Waals surface area contributed by atoms with Crippen LogP contribution in [0.3, 0.4) is 0 Å². The van der Waals surface area contributed by atoms with Gasteiger partial charge in [0.2, 0.25) is 11.8 Å². The average molecular weight is 434 g/mol. The fourth-order valence-electron chi connectivity index (χ4n) is 3.98. The molecule has 2 aromatic carbocycles. The molecular formula is C25H26N2O5. The highest BCUT2D eigenvalue weighted by Crippen LogP contribution is 2.36. The van der Waals surface area contributed by atoms with Crippen molar-refractivity contribution in [1.29, 1.82) is 0 Å². The third-order valence-corrected chi connectivity index (χ3v) is 5.61. The first-order valence-corrected chi connectivity index (χ1v) is 10.5. The van der Waals surface area contributed by atoms with Crippen molar-refractivity contribution in [3.8, 4) is 11.5 Å². The van der Waals surface area contributed by atoms with E-state index in [4.69, 9.17) is 13.9 Å². The second-order valence-electron chi connectivity index (χ2n) is 7.70. The van der Waals surface area contributed by atoms with Crippen LogP contribution < -0.4 is 14.4 Å². The number of methoxy groups -OCH3 is 2. The summed E-state index contributed by atoms with van der Waals surface area (Å²) >= 11 is 0. The lowest BCUT2D eigenvalue weighted by atomic mass is 10.1. The first-order chi connectivity index (χ1) is 15.6. The molecule has 0 radical (unpaired) electrons. The standard InChI is InChI=1S/C25H26N2O5/c1-30-20-10-11-23(31-2)22(14-20)27-16-19(13-24(27)28)25(29)26(17-21-9-6-12-32-21)15-18-7-4-3-5-8-18/h3-12,14,19H,13,15-17H2,1-2H3. The van der Waals surface area contributed by atoms with Crippen molar-refractivity contribution in [1.82, 2.24) is 4.90 Å². The summed E-state index contributed by atoms with van der Waals surface area (Å²) in [5.41, 5.74) is 1.62. The van der Waals surface area contributed by atoms with Crippen molar-refractivity contribution < 1.29 is 23.5 Å². The minimum Gasteiger partial charge on any atom is -0.497 e. The lowest BCUT2D eigenvalue weighted by molar-refractivity contribution is -0.137. The molecule has 4 rings (SSSR count). The summed E-state index contributed by atoms with van der Waals surface area (Å²) in [4.78, 5) is 29.8. The molecule has 2 heterocycles. The van der Waals surface area contributed by atoms with Gasteiger partial charge in [0, 0.05) is 25.6 Å². The molecule has 0 saturated carbocycles. The van der Waals surface area contributed by atoms with Crippen LogP contribution in [-0.4, -0.2) is 37.5 Å². The van der Waals surface area contributed by atoms with E-state index in [2.05, 4.69) is 0 Å². The Morgan fingerprint density at radius 1 is 1.06 bits per heavy atom. The van der Waals surface area contributed by atoms with E-state index in [1.807, 2.05) is 36.4 Å². The number of benzene rings is 2. The molecule has 1 aliphatic heterocycles. The van der Waals surface area contributed by atoms with Crippen molar-refractivity contribution in [2.24, 2.45) is 5.92 Å². The Bertz CT molecular complexity index is 1070. The van der Waals surface area contributed by atoms with E-state index in [0.29, 0.717) is 36.0 Å². The van der Waals surface area contributed by atoms with E-state index in [-0.39, 0.29) is 24.8 Å². The first kappa shape index (κ1) is 21.5. The molecule has 1 saturated heterocycles. The first-order valence-electron chi connectivity index (χ1n) is 10.5. The minimum absolute atomic E-state index is 0.0806. The second-order valence-corrected chi connectivity index (χ2v) is 7.70. The third kappa shape index (κ3) is 4.61. The maximum absolute atomic E-state index is 13.5. The SMILES string of the molecule is COc1ccc(OC)c(N2CC(C(=O)N(Cc3ccccc3)Cc3ccco3)CC2=O)c1. The fourth-order valence-corrected chi connectivity index (χ4v) is 3.98. The molecule has 166 valence electrons. The number of nitrogens with zero attached hydrogens (tertiary/aromatic N) is 2. The summed E-state index contributed by atoms with van der Waals surface area (Å²) in [6.07, 6.45) is 1.74. The fraction of sp³-hybridized carbons (Fsp3) is 0.280. The van der Waals surface area contributed by atoms with Gasteiger partial charge in [-0.1, -0.05) is 30.3 Å². The maximum Gasteiger partial charge on any atom is 0.228 e. The molecule has 0 bridgehead atoms. The van der Waals surface area contributed by atoms with Crippen LogP contribution in [0.15, 0.2) is 71.3 Å². The summed E-state index contributed by atoms with van der Waals surface area (Å²) in [5, 5.41) is 0. The Kier molecular flexibility index (Phi) is 6.44. The zero-order valence-corrected chi connectivity index (χ0v) is 18.2. The molecule has 2 amide bonds. The predicted octanol–water partition coefficient (Wildman–Crippen LogP) is 3.88. The van der Waals surface area contributed by atoms with E-state index < -0.39 is 5.92 Å². The Balaban J connectivity index is 1.56. The zero-order chi connectivity index (χ0) is 22.5. The van der Waals surface area contributed by atoms with Crippen LogP contribution in [0.4, 0.5) is 5.69 Å². The Morgan fingerprint density at radius 2 is 1.88 bits per heavy atom. The number of ether oxygens (including phenoxy) is 2. The van der Waals surface area contributed by atoms with Gasteiger partial charge < -0.3 is 23.7 Å². The summed E-state index contributed by atoms with van der Waals surface area (Å²) in [6.45, 7) is 1.06. The lowest BCUT2D eigenvalue weighted by Crippen LogP contribution is -2.36. The molecule has 1 aliphatic rings. The maximum atomic E-state index is 13.5. The number of amides is 2. The van der Waals surface area contributed by atoms with Gasteiger partial charge in [0.25, 0.3) is 0 Å². The molecule has 1 atom stereocenters. The van der Waals surface area contributed by atoms with Gasteiger partial charge in [0.05, 0.1) is 38.6 Å². The zero-order valence-electron chi connectivity index (χ0n) is 18.2. The van der Waals surface area contributed by atoms with E-state index in [1.165, 1.54) is 0 Å². The molecule has 0 spiro atoms. The van der Waals surface area contributed by atoms with Crippen LogP contribution in [0.5, 0.6) is 11.5 Å². The lowest BCUT2D eigenvalue weighted by Gasteiger charge is -2.25. The molecule has 0 N–H and O–H groups in total. The van der Waals surface area contributed by atoms with E-state index in [0.717, 1.165) is 5.56 Å². The quantitative estimate of drug-likeness (QED) is 0.538. The van der Waals surface area contributed by atoms with Gasteiger partial charge in [-0.2, -0.15) is 0 Å². The Labute approximate surface area is 187 Å². The number of anilines is 1. The Hall–Kier alpha value is -3.74. The van der Waals surface area contributed by atoms with Gasteiger partial charge in [-0.25, -0.2) is 0 Å². The molecule has 3 aromatic rings. The summed E-state index contributed by atoms with van der Waals surface area (Å²) in [5.74, 6) is 1.22. The van der Waals surface area contributed by atoms with Gasteiger partial charge >= 0.3 is 0 Å². The van der Waals surface area contributed by atoms with Crippen LogP contribution in [0.25, 0.3) is 0 Å². The van der Waals surface area contributed by atoms with E-state index >= 15 is 0 Å². The van der Waals surface area contributed by atoms with Gasteiger partial charge in [-0.05, 0) is 29.8 Å². The minimum atomic E-state index is -0.461. The number of hydrogen-bond acceptors (Lipinski definition) is 5. The number of furan rings is 1. The molecule has 1 unspecified atom stereocenters. The van der Waals surface area contributed by atoms with Crippen LogP contribution in [-0.2, 0) is 22.7 Å². The van der Waals surface area contributed by atoms with Gasteiger partial charge in [-0.3, -0.25) is 9.59 Å². The van der Waals surface area contributed by atoms with Crippen LogP contribution in [0.2, 0.25) is 0 Å². The number of hydrogen-bond donors (Lipinski definition) is 0. The van der Waals surface area contributed by atoms with Crippen molar-refractivity contribution in [3.05, 3.63) is 78.3 Å². The van der Waals surface area contributed by atoms with E-state index in [9.17, 15) is 9.59 Å². The molecule has 32 heavy (non-hydrogen) atoms. The molecule has 0 aliphatic carbocycles. The second kappa shape index (κ2) is 9.60. The topological polar surface area (TPSA) is 72.2 Å². The van der Waals surface area contributed by atoms with Crippen LogP contribution >= 0.6 is 0 Å². The molecular weight excluding hydrogens is 408 g/mol. The normalized spacial score (nSPS) is 15.6. The van der Waals surface area contributed by atoms with E-state index in [1.54, 1.807) is 54.5 Å². The predicted molar refractivity (Wildman–Crippen MR) is 119 cm³/mol. The molecule has 7 nitrogen and oxygen atoms in total. The summed E-state index contributed by atoms with van der Waals surface area (Å²) < 4.78 is 16.2. The van der Waals surface area contributed by atoms with Crippen molar-refractivity contribution in [3.63, 3.8) is 0 Å². The van der Waals surface area contributed by atoms with Crippen molar-refractivity contribution >= 4 is 17.5 Å². The van der Waals surface area contributed by atoms with Gasteiger partial charge in [0.1, 0.15) is 17.3 Å². The summed E-state index contributed by atoms with van der Waals surface area (Å²) in [6, 6.07) is 18.7. The largest absolute Gasteiger partial charge is 0.497 e. The summed E-state index contributed by atoms with van der Waals surface area (Å²) in [7, 11) is 3.12. The van der Waals surface area contributed by atoms with Gasteiger partial charge in [-0.15, -0.1) is 0 Å². The van der Waals surface area contributed by atoms with Crippen molar-refractivity contribution in [2.45, 2.75) is 19.5 Å². The molecule has 1 aromatic heterocycles. The highest BCUT2D eigenvalue weighted by atomic mass is 16.5. The van der Waals surface area contributed by atoms with Crippen molar-refractivity contribution in [2.75, 3.05) is 25.7 Å². The van der Waals surface area contributed by atoms with Crippen LogP contribution in [0, 0.1) is 5.92 Å². The monoisotopic (exact) mass is 434 g/mol. The third-order valence-electron chi connectivity index (χ3n) is 5.61. The molecule has 1 fully saturated rings. The molecule has 7 heteroatoms.